The summed E-state index contributed by atoms with van der Waals surface area (Å²) in [6.45, 7) is 1.16. The molecule has 1 atom stereocenters. The van der Waals surface area contributed by atoms with E-state index in [1.54, 1.807) is 0 Å². The van der Waals surface area contributed by atoms with Crippen molar-refractivity contribution < 1.29 is 23.5 Å². The molecule has 0 saturated carbocycles. The standard InChI is InChI=1S/C6H12O4/c1-5(6(7)8)10-4-3-9-2/h5H,3-4H2,1-2H3,(H,7,8)/i2D3. The van der Waals surface area contributed by atoms with Crippen LogP contribution < -0.4 is 0 Å². The number of rotatable bonds is 5. The number of carbonyl (C=O) groups is 1. The summed E-state index contributed by atoms with van der Waals surface area (Å²) in [5.74, 6) is -1.09. The number of ether oxygens (including phenoxy) is 2. The summed E-state index contributed by atoms with van der Waals surface area (Å²) in [7, 11) is -2.45. The molecular formula is C6H12O4. The van der Waals surface area contributed by atoms with E-state index in [-0.39, 0.29) is 13.2 Å². The van der Waals surface area contributed by atoms with Crippen molar-refractivity contribution >= 4 is 5.97 Å². The van der Waals surface area contributed by atoms with Crippen LogP contribution in [0, 0.1) is 0 Å². The van der Waals surface area contributed by atoms with Gasteiger partial charge < -0.3 is 14.6 Å². The number of aliphatic carboxylic acids is 1. The van der Waals surface area contributed by atoms with E-state index in [0.717, 1.165) is 0 Å². The van der Waals surface area contributed by atoms with Gasteiger partial charge in [-0.3, -0.25) is 0 Å². The van der Waals surface area contributed by atoms with Crippen LogP contribution in [0.4, 0.5) is 0 Å². The van der Waals surface area contributed by atoms with Crippen LogP contribution in [-0.2, 0) is 14.3 Å². The van der Waals surface area contributed by atoms with Crippen LogP contribution in [0.15, 0.2) is 0 Å². The Bertz CT molecular complexity index is 168. The molecule has 0 radical (unpaired) electrons. The Balaban J connectivity index is 3.41. The number of methoxy groups -OCH3 is 1. The first-order valence-corrected chi connectivity index (χ1v) is 2.81. The molecule has 0 heterocycles. The molecule has 0 rings (SSSR count). The fraction of sp³-hybridized carbons (Fsp3) is 0.833. The van der Waals surface area contributed by atoms with Gasteiger partial charge in [0.2, 0.25) is 0 Å². The Labute approximate surface area is 64.0 Å². The third-order valence-electron chi connectivity index (χ3n) is 0.901. The zero-order chi connectivity index (χ0) is 10.5. The van der Waals surface area contributed by atoms with Crippen LogP contribution in [0.2, 0.25) is 0 Å². The summed E-state index contributed by atoms with van der Waals surface area (Å²) in [6.07, 6.45) is -0.944. The zero-order valence-corrected chi connectivity index (χ0v) is 5.66. The van der Waals surface area contributed by atoms with Gasteiger partial charge in [0, 0.05) is 7.04 Å². The van der Waals surface area contributed by atoms with Gasteiger partial charge in [-0.05, 0) is 6.92 Å². The van der Waals surface area contributed by atoms with Crippen molar-refractivity contribution in [1.82, 2.24) is 0 Å². The van der Waals surface area contributed by atoms with Crippen LogP contribution in [0.25, 0.3) is 0 Å². The van der Waals surface area contributed by atoms with Gasteiger partial charge in [0.05, 0.1) is 17.3 Å². The Kier molecular flexibility index (Phi) is 2.65. The predicted molar refractivity (Wildman–Crippen MR) is 34.9 cm³/mol. The second-order valence-corrected chi connectivity index (χ2v) is 1.70. The topological polar surface area (TPSA) is 55.8 Å². The molecule has 0 aliphatic rings. The molecule has 0 aromatic carbocycles. The van der Waals surface area contributed by atoms with Crippen molar-refractivity contribution in [1.29, 1.82) is 0 Å². The molecule has 0 aromatic rings. The first-order chi connectivity index (χ1) is 5.83. The molecule has 0 fully saturated rings. The molecule has 1 unspecified atom stereocenters. The van der Waals surface area contributed by atoms with Crippen molar-refractivity contribution in [2.45, 2.75) is 13.0 Å². The predicted octanol–water partition coefficient (Wildman–Crippen LogP) is 0.122. The molecule has 4 heteroatoms. The zero-order valence-electron chi connectivity index (χ0n) is 8.66. The van der Waals surface area contributed by atoms with Crippen molar-refractivity contribution in [2.75, 3.05) is 20.3 Å². The van der Waals surface area contributed by atoms with Crippen molar-refractivity contribution in [3.8, 4) is 0 Å². The van der Waals surface area contributed by atoms with E-state index in [1.807, 2.05) is 0 Å². The molecule has 0 aliphatic carbocycles. The number of carboxylic acid groups (broad SMARTS) is 1. The van der Waals surface area contributed by atoms with Gasteiger partial charge >= 0.3 is 5.97 Å². The van der Waals surface area contributed by atoms with Crippen LogP contribution >= 0.6 is 0 Å². The molecule has 0 aliphatic heterocycles. The normalized spacial score (nSPS) is 18.7. The Morgan fingerprint density at radius 3 is 3.00 bits per heavy atom. The van der Waals surface area contributed by atoms with E-state index in [2.05, 4.69) is 4.74 Å². The summed E-state index contributed by atoms with van der Waals surface area (Å²) >= 11 is 0. The Morgan fingerprint density at radius 2 is 2.50 bits per heavy atom. The number of hydrogen-bond acceptors (Lipinski definition) is 3. The van der Waals surface area contributed by atoms with E-state index >= 15 is 0 Å². The summed E-state index contributed by atoms with van der Waals surface area (Å²) in [4.78, 5) is 10.2. The molecule has 0 aromatic heterocycles. The van der Waals surface area contributed by atoms with E-state index < -0.39 is 19.1 Å². The highest BCUT2D eigenvalue weighted by atomic mass is 16.5. The average molecular weight is 151 g/mol. The minimum atomic E-state index is -2.45. The molecule has 0 bridgehead atoms. The van der Waals surface area contributed by atoms with Crippen molar-refractivity contribution in [2.24, 2.45) is 0 Å². The third-order valence-corrected chi connectivity index (χ3v) is 0.901. The fourth-order valence-electron chi connectivity index (χ4n) is 0.338. The first kappa shape index (κ1) is 5.09. The number of carboxylic acids is 1. The molecule has 0 amide bonds. The lowest BCUT2D eigenvalue weighted by Crippen LogP contribution is -2.21. The molecule has 1 N–H and O–H groups in total. The maximum Gasteiger partial charge on any atom is 0.332 e. The second-order valence-electron chi connectivity index (χ2n) is 1.70. The monoisotopic (exact) mass is 151 g/mol. The SMILES string of the molecule is [2H]C([2H])([2H])OCCOC(C)C(=O)O. The largest absolute Gasteiger partial charge is 0.479 e. The highest BCUT2D eigenvalue weighted by molar-refractivity contribution is 5.71. The van der Waals surface area contributed by atoms with Crippen LogP contribution in [0.1, 0.15) is 11.0 Å². The van der Waals surface area contributed by atoms with Crippen molar-refractivity contribution in [3.63, 3.8) is 0 Å². The summed E-state index contributed by atoms with van der Waals surface area (Å²) in [5, 5.41) is 8.36. The Morgan fingerprint density at radius 1 is 1.80 bits per heavy atom. The minimum absolute atomic E-state index is 0.0497. The van der Waals surface area contributed by atoms with Gasteiger partial charge in [-0.25, -0.2) is 4.79 Å². The van der Waals surface area contributed by atoms with E-state index in [4.69, 9.17) is 14.0 Å². The highest BCUT2D eigenvalue weighted by Crippen LogP contribution is 1.89. The van der Waals surface area contributed by atoms with E-state index in [9.17, 15) is 4.79 Å². The third kappa shape index (κ3) is 4.29. The second kappa shape index (κ2) is 5.20. The van der Waals surface area contributed by atoms with Crippen LogP contribution in [0.3, 0.4) is 0 Å². The lowest BCUT2D eigenvalue weighted by Gasteiger charge is -2.06. The molecule has 0 saturated heterocycles. The quantitative estimate of drug-likeness (QED) is 0.567. The molecule has 0 spiro atoms. The van der Waals surface area contributed by atoms with Gasteiger partial charge in [0.25, 0.3) is 0 Å². The van der Waals surface area contributed by atoms with Gasteiger partial charge in [-0.2, -0.15) is 0 Å². The Hall–Kier alpha value is -0.610. The molecule has 4 nitrogen and oxygen atoms in total. The molecule has 60 valence electrons. The van der Waals surface area contributed by atoms with Gasteiger partial charge in [-0.1, -0.05) is 0 Å². The summed E-state index contributed by atoms with van der Waals surface area (Å²) in [6, 6.07) is 0. The van der Waals surface area contributed by atoms with Crippen molar-refractivity contribution in [3.05, 3.63) is 0 Å². The lowest BCUT2D eigenvalue weighted by molar-refractivity contribution is -0.149. The average Bonchev–Trinajstić information content (AvgIpc) is 1.95. The van der Waals surface area contributed by atoms with E-state index in [0.29, 0.717) is 0 Å². The molecular weight excluding hydrogens is 136 g/mol. The van der Waals surface area contributed by atoms with Crippen LogP contribution in [0.5, 0.6) is 0 Å². The van der Waals surface area contributed by atoms with Gasteiger partial charge in [0.1, 0.15) is 0 Å². The van der Waals surface area contributed by atoms with E-state index in [1.165, 1.54) is 6.92 Å². The smallest absolute Gasteiger partial charge is 0.332 e. The van der Waals surface area contributed by atoms with Crippen LogP contribution in [-0.4, -0.2) is 37.4 Å². The summed E-state index contributed by atoms with van der Waals surface area (Å²) < 4.78 is 29.0. The highest BCUT2D eigenvalue weighted by Gasteiger charge is 2.09. The number of hydrogen-bond donors (Lipinski definition) is 1. The maximum absolute atomic E-state index is 10.2. The molecule has 10 heavy (non-hydrogen) atoms. The summed E-state index contributed by atoms with van der Waals surface area (Å²) in [5.41, 5.74) is 0. The van der Waals surface area contributed by atoms with Gasteiger partial charge in [0.15, 0.2) is 6.10 Å². The minimum Gasteiger partial charge on any atom is -0.479 e. The fourth-order valence-corrected chi connectivity index (χ4v) is 0.338. The maximum atomic E-state index is 10.2. The van der Waals surface area contributed by atoms with Gasteiger partial charge in [-0.15, -0.1) is 0 Å². The lowest BCUT2D eigenvalue weighted by atomic mass is 10.4. The first-order valence-electron chi connectivity index (χ1n) is 4.31.